The van der Waals surface area contributed by atoms with Gasteiger partial charge in [0.2, 0.25) is 5.78 Å². The first-order valence-corrected chi connectivity index (χ1v) is 9.76. The molecule has 0 radical (unpaired) electrons. The minimum Gasteiger partial charge on any atom is -0.451 e. The Kier molecular flexibility index (Phi) is 6.29. The maximum Gasteiger partial charge on any atom is 0.338 e. The number of benzene rings is 2. The third-order valence-electron chi connectivity index (χ3n) is 5.04. The molecule has 31 heavy (non-hydrogen) atoms. The third-order valence-corrected chi connectivity index (χ3v) is 5.04. The molecular formula is C23H23N3O5. The van der Waals surface area contributed by atoms with Crippen LogP contribution in [0.15, 0.2) is 48.5 Å². The summed E-state index contributed by atoms with van der Waals surface area (Å²) >= 11 is 0. The second kappa shape index (κ2) is 8.91. The van der Waals surface area contributed by atoms with E-state index >= 15 is 0 Å². The molecule has 3 aromatic rings. The van der Waals surface area contributed by atoms with E-state index in [1.54, 1.807) is 61.9 Å². The molecule has 0 saturated heterocycles. The van der Waals surface area contributed by atoms with Crippen LogP contribution in [0.25, 0.3) is 0 Å². The minimum atomic E-state index is -0.912. The SMILES string of the molecule is Cc1ccc(C(=O)[C@@H](C)OC(=O)c2ccc(Cn3nc(C)c([N+](=O)[O-])c3C)cc2)cc1. The topological polar surface area (TPSA) is 104 Å². The van der Waals surface area contributed by atoms with Gasteiger partial charge in [0.25, 0.3) is 0 Å². The maximum absolute atomic E-state index is 12.5. The molecule has 1 heterocycles. The number of carbonyl (C=O) groups excluding carboxylic acids is 2. The first-order valence-electron chi connectivity index (χ1n) is 9.76. The van der Waals surface area contributed by atoms with Gasteiger partial charge in [0.15, 0.2) is 6.10 Å². The standard InChI is InChI=1S/C23H23N3O5/c1-14-5-9-19(10-6-14)22(27)17(4)31-23(28)20-11-7-18(8-12-20)13-25-16(3)21(26(29)30)15(2)24-25/h5-12,17H,13H2,1-4H3/t17-/m1/s1. The van der Waals surface area contributed by atoms with Crippen LogP contribution in [0.2, 0.25) is 0 Å². The van der Waals surface area contributed by atoms with Crippen LogP contribution in [0, 0.1) is 30.9 Å². The van der Waals surface area contributed by atoms with Gasteiger partial charge < -0.3 is 4.74 Å². The number of aromatic nitrogens is 2. The summed E-state index contributed by atoms with van der Waals surface area (Å²) in [6.07, 6.45) is -0.912. The van der Waals surface area contributed by atoms with Crippen LogP contribution in [-0.4, -0.2) is 32.6 Å². The molecule has 0 unspecified atom stereocenters. The monoisotopic (exact) mass is 421 g/mol. The van der Waals surface area contributed by atoms with E-state index in [9.17, 15) is 19.7 Å². The highest BCUT2D eigenvalue weighted by Crippen LogP contribution is 2.22. The van der Waals surface area contributed by atoms with Crippen LogP contribution in [0.5, 0.6) is 0 Å². The Balaban J connectivity index is 1.66. The van der Waals surface area contributed by atoms with E-state index in [1.807, 2.05) is 19.1 Å². The number of nitrogens with zero attached hydrogens (tertiary/aromatic N) is 3. The van der Waals surface area contributed by atoms with Gasteiger partial charge in [0, 0.05) is 5.56 Å². The number of ketones is 1. The Morgan fingerprint density at radius 3 is 2.16 bits per heavy atom. The number of rotatable bonds is 7. The summed E-state index contributed by atoms with van der Waals surface area (Å²) in [7, 11) is 0. The van der Waals surface area contributed by atoms with Crippen molar-refractivity contribution in [2.45, 2.75) is 40.3 Å². The molecule has 0 saturated carbocycles. The Morgan fingerprint density at radius 1 is 1.03 bits per heavy atom. The number of Topliss-reactive ketones (excluding diaryl/α,β-unsaturated/α-hetero) is 1. The van der Waals surface area contributed by atoms with E-state index in [0.717, 1.165) is 11.1 Å². The maximum atomic E-state index is 12.5. The van der Waals surface area contributed by atoms with Gasteiger partial charge in [0.05, 0.1) is 17.0 Å². The van der Waals surface area contributed by atoms with Gasteiger partial charge in [-0.05, 0) is 45.4 Å². The summed E-state index contributed by atoms with van der Waals surface area (Å²) in [5, 5.41) is 15.4. The number of aryl methyl sites for hydroxylation is 2. The smallest absolute Gasteiger partial charge is 0.338 e. The lowest BCUT2D eigenvalue weighted by molar-refractivity contribution is -0.386. The van der Waals surface area contributed by atoms with Crippen molar-refractivity contribution in [3.05, 3.63) is 92.3 Å². The molecule has 0 fully saturated rings. The van der Waals surface area contributed by atoms with Crippen LogP contribution >= 0.6 is 0 Å². The molecule has 0 aliphatic carbocycles. The van der Waals surface area contributed by atoms with Gasteiger partial charge in [-0.1, -0.05) is 42.0 Å². The molecule has 8 nitrogen and oxygen atoms in total. The molecule has 160 valence electrons. The molecule has 0 spiro atoms. The number of esters is 1. The fourth-order valence-corrected chi connectivity index (χ4v) is 3.26. The predicted molar refractivity (Wildman–Crippen MR) is 114 cm³/mol. The average Bonchev–Trinajstić information content (AvgIpc) is 3.01. The van der Waals surface area contributed by atoms with Gasteiger partial charge in [0.1, 0.15) is 11.4 Å². The first kappa shape index (κ1) is 21.9. The molecule has 0 amide bonds. The Morgan fingerprint density at radius 2 is 1.61 bits per heavy atom. The first-order chi connectivity index (χ1) is 14.7. The summed E-state index contributed by atoms with van der Waals surface area (Å²) in [6, 6.07) is 13.7. The molecule has 0 bridgehead atoms. The number of ether oxygens (including phenoxy) is 1. The Bertz CT molecular complexity index is 1130. The quantitative estimate of drug-likeness (QED) is 0.245. The highest BCUT2D eigenvalue weighted by molar-refractivity contribution is 6.01. The number of hydrogen-bond acceptors (Lipinski definition) is 6. The molecule has 8 heteroatoms. The third kappa shape index (κ3) is 4.85. The number of hydrogen-bond donors (Lipinski definition) is 0. The van der Waals surface area contributed by atoms with E-state index in [0.29, 0.717) is 29.1 Å². The van der Waals surface area contributed by atoms with Crippen molar-refractivity contribution < 1.29 is 19.2 Å². The van der Waals surface area contributed by atoms with Crippen molar-refractivity contribution in [2.24, 2.45) is 0 Å². The Hall–Kier alpha value is -3.81. The second-order valence-electron chi connectivity index (χ2n) is 7.41. The van der Waals surface area contributed by atoms with Crippen LogP contribution in [0.4, 0.5) is 5.69 Å². The summed E-state index contributed by atoms with van der Waals surface area (Å²) in [5.41, 5.74) is 3.49. The van der Waals surface area contributed by atoms with Gasteiger partial charge in [-0.3, -0.25) is 19.6 Å². The molecule has 1 atom stereocenters. The van der Waals surface area contributed by atoms with Crippen LogP contribution < -0.4 is 0 Å². The fourth-order valence-electron chi connectivity index (χ4n) is 3.26. The molecular weight excluding hydrogens is 398 g/mol. The van der Waals surface area contributed by atoms with Crippen molar-refractivity contribution in [3.8, 4) is 0 Å². The summed E-state index contributed by atoms with van der Waals surface area (Å²) in [4.78, 5) is 35.6. The summed E-state index contributed by atoms with van der Waals surface area (Å²) in [5.74, 6) is -0.864. The molecule has 0 aliphatic rings. The van der Waals surface area contributed by atoms with Gasteiger partial charge in [-0.25, -0.2) is 4.79 Å². The zero-order valence-corrected chi connectivity index (χ0v) is 17.8. The lowest BCUT2D eigenvalue weighted by Gasteiger charge is -2.13. The summed E-state index contributed by atoms with van der Waals surface area (Å²) in [6.45, 7) is 7.05. The lowest BCUT2D eigenvalue weighted by Crippen LogP contribution is -2.24. The normalized spacial score (nSPS) is 11.7. The van der Waals surface area contributed by atoms with E-state index in [-0.39, 0.29) is 11.5 Å². The minimum absolute atomic E-state index is 0.00688. The highest BCUT2D eigenvalue weighted by atomic mass is 16.6. The summed E-state index contributed by atoms with van der Waals surface area (Å²) < 4.78 is 6.88. The molecule has 0 aliphatic heterocycles. The van der Waals surface area contributed by atoms with Crippen molar-refractivity contribution >= 4 is 17.4 Å². The van der Waals surface area contributed by atoms with Crippen LogP contribution in [0.1, 0.15) is 50.2 Å². The number of nitro groups is 1. The van der Waals surface area contributed by atoms with Crippen LogP contribution in [0.3, 0.4) is 0 Å². The second-order valence-corrected chi connectivity index (χ2v) is 7.41. The molecule has 0 N–H and O–H groups in total. The largest absolute Gasteiger partial charge is 0.451 e. The number of carbonyl (C=O) groups is 2. The predicted octanol–water partition coefficient (Wildman–Crippen LogP) is 4.19. The van der Waals surface area contributed by atoms with Gasteiger partial charge >= 0.3 is 11.7 Å². The van der Waals surface area contributed by atoms with E-state index in [2.05, 4.69) is 5.10 Å². The average molecular weight is 421 g/mol. The zero-order valence-electron chi connectivity index (χ0n) is 17.8. The van der Waals surface area contributed by atoms with Crippen molar-refractivity contribution in [3.63, 3.8) is 0 Å². The zero-order chi connectivity index (χ0) is 22.7. The van der Waals surface area contributed by atoms with E-state index in [1.165, 1.54) is 0 Å². The highest BCUT2D eigenvalue weighted by Gasteiger charge is 2.22. The van der Waals surface area contributed by atoms with Crippen molar-refractivity contribution in [1.82, 2.24) is 9.78 Å². The van der Waals surface area contributed by atoms with E-state index in [4.69, 9.17) is 4.74 Å². The van der Waals surface area contributed by atoms with Crippen LogP contribution in [-0.2, 0) is 11.3 Å². The van der Waals surface area contributed by atoms with Crippen molar-refractivity contribution in [1.29, 1.82) is 0 Å². The fraction of sp³-hybridized carbons (Fsp3) is 0.261. The lowest BCUT2D eigenvalue weighted by atomic mass is 10.1. The van der Waals surface area contributed by atoms with Gasteiger partial charge in [-0.15, -0.1) is 0 Å². The van der Waals surface area contributed by atoms with E-state index < -0.39 is 17.0 Å². The van der Waals surface area contributed by atoms with Gasteiger partial charge in [-0.2, -0.15) is 5.10 Å². The molecule has 2 aromatic carbocycles. The molecule has 1 aromatic heterocycles. The Labute approximate surface area is 179 Å². The molecule has 3 rings (SSSR count). The van der Waals surface area contributed by atoms with Crippen molar-refractivity contribution in [2.75, 3.05) is 0 Å².